The van der Waals surface area contributed by atoms with Gasteiger partial charge in [0, 0.05) is 0 Å². The van der Waals surface area contributed by atoms with Crippen molar-refractivity contribution in [2.45, 2.75) is 17.4 Å². The van der Waals surface area contributed by atoms with Crippen LogP contribution in [0.3, 0.4) is 0 Å². The van der Waals surface area contributed by atoms with Gasteiger partial charge in [-0.15, -0.1) is 15.0 Å². The van der Waals surface area contributed by atoms with Crippen molar-refractivity contribution in [2.75, 3.05) is 19.8 Å². The third kappa shape index (κ3) is 5.70. The lowest BCUT2D eigenvalue weighted by molar-refractivity contribution is -0.969. The summed E-state index contributed by atoms with van der Waals surface area (Å²) in [6.07, 6.45) is 0. The van der Waals surface area contributed by atoms with Crippen LogP contribution in [0, 0.1) is 91.0 Å². The van der Waals surface area contributed by atoms with Gasteiger partial charge in [-0.1, -0.05) is 0 Å². The third-order valence-electron chi connectivity index (χ3n) is 4.39. The number of rotatable bonds is 18. The zero-order valence-corrected chi connectivity index (χ0v) is 19.1. The molecule has 0 spiro atoms. The zero-order chi connectivity index (χ0) is 32.8. The summed E-state index contributed by atoms with van der Waals surface area (Å²) in [6.45, 7) is -6.68. The number of hydrogen-bond donors (Lipinski definition) is 0. The van der Waals surface area contributed by atoms with Crippen molar-refractivity contribution in [3.63, 3.8) is 0 Å². The Balaban J connectivity index is 3.67. The summed E-state index contributed by atoms with van der Waals surface area (Å²) < 4.78 is 13.0. The molecule has 0 atom stereocenters. The second kappa shape index (κ2) is 11.8. The molecule has 33 nitrogen and oxygen atoms in total. The van der Waals surface area contributed by atoms with Gasteiger partial charge in [-0.3, -0.25) is 91.0 Å². The van der Waals surface area contributed by atoms with E-state index in [1.165, 1.54) is 0 Å². The molecular formula is C9H6N12O21. The number of nitrogens with zero attached hydrogens (tertiary/aromatic N) is 12. The summed E-state index contributed by atoms with van der Waals surface area (Å²) in [5, 5.41) is 99.2. The van der Waals surface area contributed by atoms with Gasteiger partial charge < -0.3 is 14.2 Å². The van der Waals surface area contributed by atoms with Crippen molar-refractivity contribution < 1.29 is 58.5 Å². The summed E-state index contributed by atoms with van der Waals surface area (Å²) in [6, 6.07) is -4.98. The van der Waals surface area contributed by atoms with Crippen LogP contribution in [-0.2, 0) is 0 Å². The van der Waals surface area contributed by atoms with E-state index in [4.69, 9.17) is 0 Å². The molecule has 0 aromatic carbocycles. The highest BCUT2D eigenvalue weighted by Crippen LogP contribution is 2.22. The van der Waals surface area contributed by atoms with Crippen molar-refractivity contribution in [1.29, 1.82) is 0 Å². The second-order valence-corrected chi connectivity index (χ2v) is 6.69. The molecule has 0 unspecified atom stereocenters. The normalized spacial score (nSPS) is 11.4. The van der Waals surface area contributed by atoms with E-state index in [9.17, 15) is 91.0 Å². The molecule has 1 heterocycles. The van der Waals surface area contributed by atoms with E-state index >= 15 is 0 Å². The van der Waals surface area contributed by atoms with Crippen LogP contribution in [0.1, 0.15) is 0 Å². The minimum atomic E-state index is -4.40. The van der Waals surface area contributed by atoms with Gasteiger partial charge in [0.2, 0.25) is 0 Å². The summed E-state index contributed by atoms with van der Waals surface area (Å²) in [4.78, 5) is 89.4. The maximum atomic E-state index is 11.0. The first-order valence-corrected chi connectivity index (χ1v) is 9.18. The molecule has 0 saturated carbocycles. The molecule has 0 aliphatic heterocycles. The molecule has 0 aliphatic carbocycles. The molecule has 1 aromatic rings. The standard InChI is InChI=1S/C9H6N12O21/c22-13(23)7(14(24)25,15(26)27)1-40-4-10-5(41-2-8(16(28)29,17(30)31)18(32)33)12-6(11-4)42-3-9(19(34)35,20(36)37)21(38)39/h1-3H2. The molecule has 228 valence electrons. The van der Waals surface area contributed by atoms with Gasteiger partial charge >= 0.3 is 55.2 Å². The van der Waals surface area contributed by atoms with Crippen LogP contribution >= 0.6 is 0 Å². The average Bonchev–Trinajstić information content (AvgIpc) is 2.83. The molecule has 42 heavy (non-hydrogen) atoms. The van der Waals surface area contributed by atoms with Crippen LogP contribution in [0.15, 0.2) is 0 Å². The molecule has 0 radical (unpaired) electrons. The summed E-state index contributed by atoms with van der Waals surface area (Å²) >= 11 is 0. The maximum Gasteiger partial charge on any atom is 0.734 e. The molecule has 0 N–H and O–H groups in total. The highest BCUT2D eigenvalue weighted by Gasteiger charge is 2.73. The topological polar surface area (TPSA) is 455 Å². The van der Waals surface area contributed by atoms with Crippen LogP contribution in [-0.4, -0.2) is 96.4 Å². The lowest BCUT2D eigenvalue weighted by atomic mass is 10.4. The molecule has 0 saturated heterocycles. The van der Waals surface area contributed by atoms with Gasteiger partial charge in [-0.05, 0) is 0 Å². The Morgan fingerprint density at radius 3 is 0.643 bits per heavy atom. The van der Waals surface area contributed by atoms with E-state index in [1.807, 2.05) is 0 Å². The number of aromatic nitrogens is 3. The zero-order valence-electron chi connectivity index (χ0n) is 19.1. The monoisotopic (exact) mass is 618 g/mol. The Morgan fingerprint density at radius 2 is 0.524 bits per heavy atom. The summed E-state index contributed by atoms with van der Waals surface area (Å²) in [5.74, 6) is -13.2. The Bertz CT molecular complexity index is 1090. The second-order valence-electron chi connectivity index (χ2n) is 6.69. The van der Waals surface area contributed by atoms with Crippen molar-refractivity contribution >= 4 is 0 Å². The quantitative estimate of drug-likeness (QED) is 0.0872. The molecule has 0 aliphatic rings. The van der Waals surface area contributed by atoms with E-state index in [0.717, 1.165) is 0 Å². The summed E-state index contributed by atoms with van der Waals surface area (Å²) in [5.41, 5.74) is 0. The van der Waals surface area contributed by atoms with Gasteiger partial charge in [-0.2, -0.15) is 0 Å². The van der Waals surface area contributed by atoms with Crippen LogP contribution in [0.25, 0.3) is 0 Å². The van der Waals surface area contributed by atoms with Crippen molar-refractivity contribution in [1.82, 2.24) is 15.0 Å². The van der Waals surface area contributed by atoms with Crippen molar-refractivity contribution in [2.24, 2.45) is 0 Å². The lowest BCUT2D eigenvalue weighted by Gasteiger charge is -2.12. The van der Waals surface area contributed by atoms with E-state index in [2.05, 4.69) is 29.2 Å². The molecule has 0 fully saturated rings. The first kappa shape index (κ1) is 33.0. The fraction of sp³-hybridized carbons (Fsp3) is 0.667. The molecular weight excluding hydrogens is 612 g/mol. The van der Waals surface area contributed by atoms with Crippen LogP contribution in [0.2, 0.25) is 0 Å². The average molecular weight is 618 g/mol. The van der Waals surface area contributed by atoms with Gasteiger partial charge in [-0.25, -0.2) is 0 Å². The fourth-order valence-corrected chi connectivity index (χ4v) is 2.07. The lowest BCUT2D eigenvalue weighted by Crippen LogP contribution is -2.58. The van der Waals surface area contributed by atoms with Crippen LogP contribution < -0.4 is 14.2 Å². The van der Waals surface area contributed by atoms with Gasteiger partial charge in [0.15, 0.2) is 44.3 Å². The first-order valence-electron chi connectivity index (χ1n) is 9.18. The van der Waals surface area contributed by atoms with Crippen molar-refractivity contribution in [3.8, 4) is 18.0 Å². The fourth-order valence-electron chi connectivity index (χ4n) is 2.07. The van der Waals surface area contributed by atoms with Crippen molar-refractivity contribution in [3.05, 3.63) is 91.0 Å². The molecule has 1 rings (SSSR count). The predicted molar refractivity (Wildman–Crippen MR) is 107 cm³/mol. The highest BCUT2D eigenvalue weighted by molar-refractivity contribution is 5.09. The minimum absolute atomic E-state index is 1.66. The minimum Gasteiger partial charge on any atom is -0.438 e. The first-order chi connectivity index (χ1) is 19.2. The van der Waals surface area contributed by atoms with Gasteiger partial charge in [0.1, 0.15) is 0 Å². The summed E-state index contributed by atoms with van der Waals surface area (Å²) in [7, 11) is 0. The Morgan fingerprint density at radius 1 is 0.381 bits per heavy atom. The van der Waals surface area contributed by atoms with E-state index in [0.29, 0.717) is 0 Å². The van der Waals surface area contributed by atoms with Crippen LogP contribution in [0.4, 0.5) is 0 Å². The van der Waals surface area contributed by atoms with E-state index < -0.39 is 99.5 Å². The third-order valence-corrected chi connectivity index (χ3v) is 4.39. The Hall–Kier alpha value is -6.99. The molecule has 0 bridgehead atoms. The highest BCUT2D eigenvalue weighted by atomic mass is 16.8. The Kier molecular flexibility index (Phi) is 9.29. The molecule has 0 amide bonds. The number of ether oxygens (including phenoxy) is 3. The van der Waals surface area contributed by atoms with Gasteiger partial charge in [0.05, 0.1) is 0 Å². The van der Waals surface area contributed by atoms with Gasteiger partial charge in [0.25, 0.3) is 0 Å². The predicted octanol–water partition coefficient (Wildman–Crippen LogP) is -3.54. The van der Waals surface area contributed by atoms with E-state index in [-0.39, 0.29) is 0 Å². The van der Waals surface area contributed by atoms with E-state index in [1.54, 1.807) is 0 Å². The maximum absolute atomic E-state index is 11.0. The molecule has 33 heteroatoms. The smallest absolute Gasteiger partial charge is 0.438 e. The SMILES string of the molecule is O=[N+]([O-])C(COc1nc(OCC([N+](=O)[O-])([N+](=O)[O-])[N+](=O)[O-])nc(OCC([N+](=O)[O-])([N+](=O)[O-])[N+](=O)[O-])n1)([N+](=O)[O-])[N+](=O)[O-]. The Labute approximate surface area is 220 Å². The number of hydrogen-bond acceptors (Lipinski definition) is 24. The number of nitro groups is 9. The largest absolute Gasteiger partial charge is 0.734 e. The van der Waals surface area contributed by atoms with Crippen LogP contribution in [0.5, 0.6) is 18.0 Å². The molecule has 1 aromatic heterocycles.